The molecule has 0 unspecified atom stereocenters. The van der Waals surface area contributed by atoms with E-state index < -0.39 is 0 Å². The second-order valence-corrected chi connectivity index (χ2v) is 6.06. The minimum atomic E-state index is -0.319. The van der Waals surface area contributed by atoms with Crippen LogP contribution in [0.4, 0.5) is 0 Å². The number of hydrogen-bond acceptors (Lipinski definition) is 4. The SMILES string of the molecule is O=c1cc(CN2CCN(CCc3ccccc3)CC2)[nH]cc1O. The minimum absolute atomic E-state index is 0.223. The molecule has 0 amide bonds. The summed E-state index contributed by atoms with van der Waals surface area (Å²) >= 11 is 0. The van der Waals surface area contributed by atoms with Crippen molar-refractivity contribution in [3.8, 4) is 5.75 Å². The van der Waals surface area contributed by atoms with Gasteiger partial charge in [-0.3, -0.25) is 9.69 Å². The number of rotatable bonds is 5. The summed E-state index contributed by atoms with van der Waals surface area (Å²) in [5.74, 6) is -0.223. The fraction of sp³-hybridized carbons (Fsp3) is 0.389. The van der Waals surface area contributed by atoms with Crippen LogP contribution in [-0.2, 0) is 13.0 Å². The largest absolute Gasteiger partial charge is 0.503 e. The molecule has 0 saturated carbocycles. The fourth-order valence-electron chi connectivity index (χ4n) is 2.94. The number of H-pyrrole nitrogens is 1. The second-order valence-electron chi connectivity index (χ2n) is 6.06. The Morgan fingerprint density at radius 2 is 1.74 bits per heavy atom. The molecule has 1 saturated heterocycles. The van der Waals surface area contributed by atoms with Crippen molar-refractivity contribution >= 4 is 0 Å². The summed E-state index contributed by atoms with van der Waals surface area (Å²) in [5, 5.41) is 9.27. The van der Waals surface area contributed by atoms with Crippen LogP contribution >= 0.6 is 0 Å². The average Bonchev–Trinajstić information content (AvgIpc) is 2.58. The lowest BCUT2D eigenvalue weighted by molar-refractivity contribution is 0.127. The van der Waals surface area contributed by atoms with Gasteiger partial charge in [0.15, 0.2) is 5.75 Å². The Labute approximate surface area is 136 Å². The van der Waals surface area contributed by atoms with E-state index in [4.69, 9.17) is 0 Å². The molecule has 2 aromatic rings. The van der Waals surface area contributed by atoms with Gasteiger partial charge in [0.1, 0.15) is 0 Å². The van der Waals surface area contributed by atoms with E-state index >= 15 is 0 Å². The zero-order valence-electron chi connectivity index (χ0n) is 13.2. The fourth-order valence-corrected chi connectivity index (χ4v) is 2.94. The van der Waals surface area contributed by atoms with E-state index in [0.29, 0.717) is 0 Å². The van der Waals surface area contributed by atoms with Crippen molar-refractivity contribution in [2.75, 3.05) is 32.7 Å². The van der Waals surface area contributed by atoms with Crippen LogP contribution in [0.3, 0.4) is 0 Å². The molecule has 1 aromatic heterocycles. The van der Waals surface area contributed by atoms with Crippen LogP contribution in [-0.4, -0.2) is 52.6 Å². The monoisotopic (exact) mass is 313 g/mol. The van der Waals surface area contributed by atoms with Crippen LogP contribution in [0.2, 0.25) is 0 Å². The van der Waals surface area contributed by atoms with Gasteiger partial charge in [0.25, 0.3) is 0 Å². The van der Waals surface area contributed by atoms with Crippen molar-refractivity contribution in [3.63, 3.8) is 0 Å². The van der Waals surface area contributed by atoms with Crippen molar-refractivity contribution in [3.05, 3.63) is 64.1 Å². The maximum absolute atomic E-state index is 11.5. The Bertz CT molecular complexity index is 676. The highest BCUT2D eigenvalue weighted by molar-refractivity contribution is 5.18. The molecule has 2 heterocycles. The lowest BCUT2D eigenvalue weighted by atomic mass is 10.1. The van der Waals surface area contributed by atoms with E-state index in [1.807, 2.05) is 0 Å². The number of nitrogens with zero attached hydrogens (tertiary/aromatic N) is 2. The summed E-state index contributed by atoms with van der Waals surface area (Å²) in [6.07, 6.45) is 2.46. The Morgan fingerprint density at radius 1 is 1.04 bits per heavy atom. The van der Waals surface area contributed by atoms with Crippen molar-refractivity contribution < 1.29 is 5.11 Å². The molecule has 5 nitrogen and oxygen atoms in total. The van der Waals surface area contributed by atoms with E-state index in [2.05, 4.69) is 45.1 Å². The van der Waals surface area contributed by atoms with E-state index in [-0.39, 0.29) is 11.2 Å². The van der Waals surface area contributed by atoms with Crippen LogP contribution in [0.1, 0.15) is 11.3 Å². The molecule has 122 valence electrons. The molecule has 0 atom stereocenters. The van der Waals surface area contributed by atoms with E-state index in [1.165, 1.54) is 17.8 Å². The topological polar surface area (TPSA) is 59.6 Å². The molecule has 2 N–H and O–H groups in total. The highest BCUT2D eigenvalue weighted by atomic mass is 16.3. The Balaban J connectivity index is 1.45. The highest BCUT2D eigenvalue weighted by Gasteiger charge is 2.17. The van der Waals surface area contributed by atoms with E-state index in [1.54, 1.807) is 0 Å². The molecular formula is C18H23N3O2. The Hall–Kier alpha value is -2.11. The number of aromatic amines is 1. The molecule has 1 aliphatic rings. The molecular weight excluding hydrogens is 290 g/mol. The summed E-state index contributed by atoms with van der Waals surface area (Å²) in [6, 6.07) is 12.1. The van der Waals surface area contributed by atoms with Gasteiger partial charge in [-0.15, -0.1) is 0 Å². The first kappa shape index (κ1) is 15.8. The number of aromatic hydroxyl groups is 1. The smallest absolute Gasteiger partial charge is 0.223 e. The first-order valence-corrected chi connectivity index (χ1v) is 8.10. The zero-order valence-corrected chi connectivity index (χ0v) is 13.2. The maximum Gasteiger partial charge on any atom is 0.223 e. The molecule has 0 spiro atoms. The minimum Gasteiger partial charge on any atom is -0.503 e. The summed E-state index contributed by atoms with van der Waals surface area (Å²) < 4.78 is 0. The van der Waals surface area contributed by atoms with Crippen LogP contribution in [0.5, 0.6) is 5.75 Å². The number of hydrogen-bond donors (Lipinski definition) is 2. The number of pyridine rings is 1. The lowest BCUT2D eigenvalue weighted by Crippen LogP contribution is -2.46. The molecule has 3 rings (SSSR count). The molecule has 1 fully saturated rings. The summed E-state index contributed by atoms with van der Waals surface area (Å²) in [4.78, 5) is 19.3. The van der Waals surface area contributed by atoms with Crippen LogP contribution in [0.15, 0.2) is 47.4 Å². The van der Waals surface area contributed by atoms with E-state index in [0.717, 1.165) is 51.4 Å². The normalized spacial score (nSPS) is 16.5. The van der Waals surface area contributed by atoms with Crippen molar-refractivity contribution in [2.45, 2.75) is 13.0 Å². The third-order valence-electron chi connectivity index (χ3n) is 4.37. The summed E-state index contributed by atoms with van der Waals surface area (Å²) in [5.41, 5.74) is 1.92. The second kappa shape index (κ2) is 7.44. The highest BCUT2D eigenvalue weighted by Crippen LogP contribution is 2.08. The molecule has 1 aromatic carbocycles. The molecule has 0 bridgehead atoms. The number of piperazine rings is 1. The van der Waals surface area contributed by atoms with Gasteiger partial charge >= 0.3 is 0 Å². The Kier molecular flexibility index (Phi) is 5.10. The van der Waals surface area contributed by atoms with Gasteiger partial charge in [-0.2, -0.15) is 0 Å². The first-order valence-electron chi connectivity index (χ1n) is 8.10. The van der Waals surface area contributed by atoms with Crippen LogP contribution < -0.4 is 5.43 Å². The molecule has 0 radical (unpaired) electrons. The number of aromatic nitrogens is 1. The van der Waals surface area contributed by atoms with Gasteiger partial charge < -0.3 is 15.0 Å². The number of benzene rings is 1. The first-order chi connectivity index (χ1) is 11.2. The van der Waals surface area contributed by atoms with E-state index in [9.17, 15) is 9.90 Å². The van der Waals surface area contributed by atoms with Gasteiger partial charge in [0.05, 0.1) is 0 Å². The average molecular weight is 313 g/mol. The van der Waals surface area contributed by atoms with Gasteiger partial charge in [0.2, 0.25) is 5.43 Å². The third-order valence-corrected chi connectivity index (χ3v) is 4.37. The molecule has 0 aliphatic carbocycles. The molecule has 5 heteroatoms. The van der Waals surface area contributed by atoms with Crippen LogP contribution in [0, 0.1) is 0 Å². The van der Waals surface area contributed by atoms with Gasteiger partial charge in [-0.25, -0.2) is 0 Å². The Morgan fingerprint density at radius 3 is 2.43 bits per heavy atom. The number of nitrogens with one attached hydrogen (secondary N) is 1. The van der Waals surface area contributed by atoms with Crippen molar-refractivity contribution in [2.24, 2.45) is 0 Å². The third kappa shape index (κ3) is 4.43. The zero-order chi connectivity index (χ0) is 16.1. The predicted molar refractivity (Wildman–Crippen MR) is 90.6 cm³/mol. The molecule has 23 heavy (non-hydrogen) atoms. The van der Waals surface area contributed by atoms with Gasteiger partial charge in [0, 0.05) is 57.2 Å². The quantitative estimate of drug-likeness (QED) is 0.877. The maximum atomic E-state index is 11.5. The molecule has 1 aliphatic heterocycles. The standard InChI is InChI=1S/C18H23N3O2/c22-17-12-16(19-13-18(17)23)14-21-10-8-20(9-11-21)7-6-15-4-2-1-3-5-15/h1-5,12-13,23H,6-11,14H2,(H,19,22). The lowest BCUT2D eigenvalue weighted by Gasteiger charge is -2.34. The van der Waals surface area contributed by atoms with Crippen LogP contribution in [0.25, 0.3) is 0 Å². The van der Waals surface area contributed by atoms with Gasteiger partial charge in [-0.1, -0.05) is 30.3 Å². The van der Waals surface area contributed by atoms with Crippen molar-refractivity contribution in [1.29, 1.82) is 0 Å². The van der Waals surface area contributed by atoms with Gasteiger partial charge in [-0.05, 0) is 12.0 Å². The summed E-state index contributed by atoms with van der Waals surface area (Å²) in [6.45, 7) is 5.91. The predicted octanol–water partition coefficient (Wildman–Crippen LogP) is 1.44. The van der Waals surface area contributed by atoms with Crippen molar-refractivity contribution in [1.82, 2.24) is 14.8 Å². The summed E-state index contributed by atoms with van der Waals surface area (Å²) in [7, 11) is 0.